The summed E-state index contributed by atoms with van der Waals surface area (Å²) in [5, 5.41) is 0. The predicted molar refractivity (Wildman–Crippen MR) is 96.3 cm³/mol. The number of oxazole rings is 1. The third-order valence-electron chi connectivity index (χ3n) is 5.00. The molecule has 0 radical (unpaired) electrons. The van der Waals surface area contributed by atoms with Crippen molar-refractivity contribution in [3.63, 3.8) is 0 Å². The van der Waals surface area contributed by atoms with Crippen LogP contribution in [0.3, 0.4) is 0 Å². The van der Waals surface area contributed by atoms with Gasteiger partial charge in [0.05, 0.1) is 13.0 Å². The first-order valence-corrected chi connectivity index (χ1v) is 9.65. The van der Waals surface area contributed by atoms with Crippen molar-refractivity contribution in [3.05, 3.63) is 40.4 Å². The fourth-order valence-corrected chi connectivity index (χ4v) is 3.80. The molecule has 0 spiro atoms. The van der Waals surface area contributed by atoms with E-state index in [1.54, 1.807) is 12.1 Å². The van der Waals surface area contributed by atoms with Gasteiger partial charge in [-0.25, -0.2) is 4.98 Å². The van der Waals surface area contributed by atoms with E-state index in [9.17, 15) is 26.7 Å². The first-order valence-electron chi connectivity index (χ1n) is 8.85. The smallest absolute Gasteiger partial charge is 0.463 e. The van der Waals surface area contributed by atoms with Gasteiger partial charge in [-0.3, -0.25) is 4.79 Å². The average molecular weight is 482 g/mol. The van der Waals surface area contributed by atoms with Crippen molar-refractivity contribution >= 4 is 21.9 Å². The lowest BCUT2D eigenvalue weighted by molar-refractivity contribution is -0.297. The Bertz CT molecular complexity index is 879. The second-order valence-corrected chi connectivity index (χ2v) is 7.75. The number of alkyl halides is 5. The molecule has 29 heavy (non-hydrogen) atoms. The van der Waals surface area contributed by atoms with Crippen LogP contribution in [0, 0.1) is 5.92 Å². The molecule has 0 bridgehead atoms. The number of esters is 1. The van der Waals surface area contributed by atoms with Gasteiger partial charge < -0.3 is 9.15 Å². The molecule has 0 saturated heterocycles. The van der Waals surface area contributed by atoms with Crippen LogP contribution in [-0.2, 0) is 15.5 Å². The van der Waals surface area contributed by atoms with Crippen LogP contribution >= 0.6 is 15.9 Å². The van der Waals surface area contributed by atoms with Crippen molar-refractivity contribution in [3.8, 4) is 11.3 Å². The summed E-state index contributed by atoms with van der Waals surface area (Å²) in [6, 6.07) is 6.26. The van der Waals surface area contributed by atoms with E-state index in [1.807, 2.05) is 0 Å². The van der Waals surface area contributed by atoms with Gasteiger partial charge in [0, 0.05) is 16.0 Å². The normalized spacial score (nSPS) is 20.5. The van der Waals surface area contributed by atoms with Gasteiger partial charge in [-0.05, 0) is 25.0 Å². The first-order chi connectivity index (χ1) is 13.6. The Morgan fingerprint density at radius 1 is 1.14 bits per heavy atom. The number of hydrogen-bond acceptors (Lipinski definition) is 4. The molecule has 158 valence electrons. The number of benzene rings is 1. The minimum Gasteiger partial charge on any atom is -0.469 e. The van der Waals surface area contributed by atoms with Crippen LogP contribution in [0.5, 0.6) is 0 Å². The third kappa shape index (κ3) is 4.17. The fourth-order valence-electron chi connectivity index (χ4n) is 3.53. The van der Waals surface area contributed by atoms with E-state index in [0.717, 1.165) is 0 Å². The van der Waals surface area contributed by atoms with E-state index in [-0.39, 0.29) is 11.5 Å². The molecule has 10 heteroatoms. The van der Waals surface area contributed by atoms with Crippen molar-refractivity contribution in [1.29, 1.82) is 0 Å². The summed E-state index contributed by atoms with van der Waals surface area (Å²) < 4.78 is 77.1. The molecule has 1 aromatic heterocycles. The second-order valence-electron chi connectivity index (χ2n) is 6.83. The number of rotatable bonds is 4. The maximum atomic E-state index is 13.9. The lowest BCUT2D eigenvalue weighted by Gasteiger charge is -2.28. The number of hydrogen-bond donors (Lipinski definition) is 0. The molecular weight excluding hydrogens is 465 g/mol. The van der Waals surface area contributed by atoms with Crippen LogP contribution in [-0.4, -0.2) is 24.2 Å². The van der Waals surface area contributed by atoms with Crippen LogP contribution in [0.25, 0.3) is 11.3 Å². The Morgan fingerprint density at radius 3 is 2.34 bits per heavy atom. The van der Waals surface area contributed by atoms with Gasteiger partial charge in [0.1, 0.15) is 11.5 Å². The fraction of sp³-hybridized carbons (Fsp3) is 0.474. The quantitative estimate of drug-likeness (QED) is 0.385. The summed E-state index contributed by atoms with van der Waals surface area (Å²) in [6.07, 6.45) is -3.67. The van der Waals surface area contributed by atoms with Crippen molar-refractivity contribution in [2.45, 2.75) is 43.7 Å². The Hall–Kier alpha value is -1.97. The van der Waals surface area contributed by atoms with E-state index >= 15 is 0 Å². The summed E-state index contributed by atoms with van der Waals surface area (Å²) in [5.41, 5.74) is 0.183. The molecule has 0 N–H and O–H groups in total. The Labute approximate surface area is 171 Å². The van der Waals surface area contributed by atoms with Crippen LogP contribution in [0.2, 0.25) is 0 Å². The predicted octanol–water partition coefficient (Wildman–Crippen LogP) is 6.21. The van der Waals surface area contributed by atoms with Gasteiger partial charge in [-0.15, -0.1) is 0 Å². The highest BCUT2D eigenvalue weighted by atomic mass is 79.9. The molecule has 1 saturated carbocycles. The lowest BCUT2D eigenvalue weighted by atomic mass is 9.77. The summed E-state index contributed by atoms with van der Waals surface area (Å²) in [7, 11) is 1.20. The molecule has 0 amide bonds. The highest BCUT2D eigenvalue weighted by Gasteiger charge is 2.63. The standard InChI is InChI=1S/C19H17BrF5NO3/c1-28-16(27)13-5-3-2-4-12(13)15-14(10-6-8-11(20)9-7-10)26-17(29-15)18(21,22)19(23,24)25/h6-9,12-13H,2-5H2,1H3. The van der Waals surface area contributed by atoms with Crippen molar-refractivity contribution in [2.75, 3.05) is 7.11 Å². The zero-order valence-electron chi connectivity index (χ0n) is 15.2. The Balaban J connectivity index is 2.16. The number of nitrogens with zero attached hydrogens (tertiary/aromatic N) is 1. The van der Waals surface area contributed by atoms with Crippen molar-refractivity contribution in [2.24, 2.45) is 5.92 Å². The van der Waals surface area contributed by atoms with Crippen molar-refractivity contribution in [1.82, 2.24) is 4.98 Å². The number of aromatic nitrogens is 1. The number of halogens is 6. The molecule has 2 aromatic rings. The van der Waals surface area contributed by atoms with E-state index in [0.29, 0.717) is 35.7 Å². The Kier molecular flexibility index (Phi) is 6.03. The minimum absolute atomic E-state index is 0.128. The van der Waals surface area contributed by atoms with Gasteiger partial charge >= 0.3 is 18.1 Å². The van der Waals surface area contributed by atoms with Gasteiger partial charge in [-0.2, -0.15) is 22.0 Å². The summed E-state index contributed by atoms with van der Waals surface area (Å²) in [4.78, 5) is 15.7. The number of ether oxygens (including phenoxy) is 1. The van der Waals surface area contributed by atoms with E-state index < -0.39 is 35.8 Å². The molecule has 2 atom stereocenters. The largest absolute Gasteiger partial charge is 0.469 e. The summed E-state index contributed by atoms with van der Waals surface area (Å²) >= 11 is 3.24. The van der Waals surface area contributed by atoms with Crippen LogP contribution in [0.15, 0.2) is 33.2 Å². The molecule has 2 unspecified atom stereocenters. The molecule has 4 nitrogen and oxygen atoms in total. The summed E-state index contributed by atoms with van der Waals surface area (Å²) in [5.74, 6) is -9.11. The molecular formula is C19H17BrF5NO3. The summed E-state index contributed by atoms with van der Waals surface area (Å²) in [6.45, 7) is 0. The molecule has 1 aliphatic carbocycles. The third-order valence-corrected chi connectivity index (χ3v) is 5.53. The van der Waals surface area contributed by atoms with E-state index in [1.165, 1.54) is 19.2 Å². The van der Waals surface area contributed by atoms with Crippen molar-refractivity contribution < 1.29 is 35.9 Å². The molecule has 1 aliphatic rings. The zero-order chi connectivity index (χ0) is 21.4. The van der Waals surface area contributed by atoms with Crippen LogP contribution < -0.4 is 0 Å². The number of methoxy groups -OCH3 is 1. The van der Waals surface area contributed by atoms with E-state index in [2.05, 4.69) is 20.9 Å². The molecule has 3 rings (SSSR count). The van der Waals surface area contributed by atoms with Gasteiger partial charge in [-0.1, -0.05) is 40.9 Å². The maximum absolute atomic E-state index is 13.9. The second kappa shape index (κ2) is 8.04. The van der Waals surface area contributed by atoms with Gasteiger partial charge in [0.15, 0.2) is 0 Å². The molecule has 1 aromatic carbocycles. The van der Waals surface area contributed by atoms with Crippen LogP contribution in [0.1, 0.15) is 43.3 Å². The molecule has 1 fully saturated rings. The van der Waals surface area contributed by atoms with Gasteiger partial charge in [0.2, 0.25) is 0 Å². The topological polar surface area (TPSA) is 52.3 Å². The number of carbonyl (C=O) groups excluding carboxylic acids is 1. The number of carbonyl (C=O) groups is 1. The first kappa shape index (κ1) is 21.7. The average Bonchev–Trinajstić information content (AvgIpc) is 3.13. The zero-order valence-corrected chi connectivity index (χ0v) is 16.8. The van der Waals surface area contributed by atoms with E-state index in [4.69, 9.17) is 9.15 Å². The molecule has 1 heterocycles. The van der Waals surface area contributed by atoms with Crippen LogP contribution in [0.4, 0.5) is 22.0 Å². The Morgan fingerprint density at radius 2 is 1.76 bits per heavy atom. The lowest BCUT2D eigenvalue weighted by Crippen LogP contribution is -2.34. The molecule has 0 aliphatic heterocycles. The monoisotopic (exact) mass is 481 g/mol. The highest BCUT2D eigenvalue weighted by molar-refractivity contribution is 9.10. The van der Waals surface area contributed by atoms with Gasteiger partial charge in [0.25, 0.3) is 5.89 Å². The SMILES string of the molecule is COC(=O)C1CCCCC1c1oc(C(F)(F)C(F)(F)F)nc1-c1ccc(Br)cc1. The minimum atomic E-state index is -5.86. The highest BCUT2D eigenvalue weighted by Crippen LogP contribution is 2.48. The maximum Gasteiger partial charge on any atom is 0.463 e.